The molecule has 132 valence electrons. The first kappa shape index (κ1) is 19.1. The van der Waals surface area contributed by atoms with Crippen LogP contribution >= 0.6 is 27.5 Å². The zero-order valence-electron chi connectivity index (χ0n) is 13.2. The Morgan fingerprint density at radius 2 is 1.96 bits per heavy atom. The van der Waals surface area contributed by atoms with E-state index in [4.69, 9.17) is 22.1 Å². The van der Waals surface area contributed by atoms with Crippen LogP contribution < -0.4 is 21.1 Å². The Morgan fingerprint density at radius 1 is 1.20 bits per heavy atom. The molecule has 3 amide bonds. The van der Waals surface area contributed by atoms with Crippen molar-refractivity contribution >= 4 is 45.2 Å². The Balaban J connectivity index is 1.68. The summed E-state index contributed by atoms with van der Waals surface area (Å²) < 4.78 is 6.40. The Bertz CT molecular complexity index is 771. The molecule has 0 saturated carbocycles. The molecule has 8 heteroatoms. The van der Waals surface area contributed by atoms with E-state index in [0.717, 1.165) is 4.47 Å². The summed E-state index contributed by atoms with van der Waals surface area (Å²) in [6.07, 6.45) is 0.557. The smallest absolute Gasteiger partial charge is 0.321 e. The molecule has 0 heterocycles. The Kier molecular flexibility index (Phi) is 7.09. The standard InChI is InChI=1S/C17H17BrClN3O3/c18-11-6-7-15(13(19)10-11)25-9-3-8-21-17(24)22-16(23)12-4-1-2-5-14(12)20/h1-2,4-7,10H,3,8-9,20H2,(H2,21,22,23,24). The number of rotatable bonds is 6. The molecule has 0 bridgehead atoms. The van der Waals surface area contributed by atoms with Crippen LogP contribution in [-0.2, 0) is 0 Å². The van der Waals surface area contributed by atoms with E-state index in [2.05, 4.69) is 26.6 Å². The van der Waals surface area contributed by atoms with Crippen LogP contribution in [0.15, 0.2) is 46.9 Å². The molecule has 0 aliphatic carbocycles. The molecule has 0 saturated heterocycles. The second-order valence-corrected chi connectivity index (χ2v) is 6.40. The molecule has 25 heavy (non-hydrogen) atoms. The number of nitrogens with two attached hydrogens (primary N) is 1. The van der Waals surface area contributed by atoms with Crippen molar-refractivity contribution in [1.29, 1.82) is 0 Å². The van der Waals surface area contributed by atoms with Crippen molar-refractivity contribution in [3.05, 3.63) is 57.5 Å². The van der Waals surface area contributed by atoms with Crippen molar-refractivity contribution in [1.82, 2.24) is 10.6 Å². The van der Waals surface area contributed by atoms with E-state index in [1.807, 2.05) is 6.07 Å². The fourth-order valence-corrected chi connectivity index (χ4v) is 2.69. The average molecular weight is 427 g/mol. The molecule has 0 atom stereocenters. The van der Waals surface area contributed by atoms with Gasteiger partial charge in [0.15, 0.2) is 0 Å². The fraction of sp³-hybridized carbons (Fsp3) is 0.176. The maximum Gasteiger partial charge on any atom is 0.321 e. The number of nitrogens with one attached hydrogen (secondary N) is 2. The summed E-state index contributed by atoms with van der Waals surface area (Å²) in [5, 5.41) is 5.31. The molecule has 0 fully saturated rings. The maximum absolute atomic E-state index is 11.9. The largest absolute Gasteiger partial charge is 0.492 e. The first-order valence-electron chi connectivity index (χ1n) is 7.49. The van der Waals surface area contributed by atoms with E-state index in [1.54, 1.807) is 36.4 Å². The molecule has 0 unspecified atom stereocenters. The van der Waals surface area contributed by atoms with E-state index in [0.29, 0.717) is 36.0 Å². The van der Waals surface area contributed by atoms with Crippen LogP contribution in [0, 0.1) is 0 Å². The Labute approximate surface area is 158 Å². The molecule has 0 aliphatic heterocycles. The number of nitrogen functional groups attached to an aromatic ring is 1. The molecular weight excluding hydrogens is 410 g/mol. The monoisotopic (exact) mass is 425 g/mol. The molecule has 6 nitrogen and oxygen atoms in total. The van der Waals surface area contributed by atoms with Gasteiger partial charge in [-0.25, -0.2) is 4.79 Å². The van der Waals surface area contributed by atoms with Crippen molar-refractivity contribution < 1.29 is 14.3 Å². The number of urea groups is 1. The lowest BCUT2D eigenvalue weighted by Crippen LogP contribution is -2.40. The number of ether oxygens (including phenoxy) is 1. The first-order valence-corrected chi connectivity index (χ1v) is 8.66. The van der Waals surface area contributed by atoms with Crippen molar-refractivity contribution in [3.8, 4) is 5.75 Å². The second kappa shape index (κ2) is 9.29. The van der Waals surface area contributed by atoms with Crippen molar-refractivity contribution in [3.63, 3.8) is 0 Å². The normalized spacial score (nSPS) is 10.2. The number of halogens is 2. The summed E-state index contributed by atoms with van der Waals surface area (Å²) in [6, 6.07) is 11.3. The summed E-state index contributed by atoms with van der Waals surface area (Å²) in [6.45, 7) is 0.721. The molecule has 0 spiro atoms. The molecule has 2 aromatic rings. The van der Waals surface area contributed by atoms with Gasteiger partial charge in [-0.1, -0.05) is 39.7 Å². The number of para-hydroxylation sites is 1. The zero-order valence-corrected chi connectivity index (χ0v) is 15.6. The molecule has 0 aromatic heterocycles. The summed E-state index contributed by atoms with van der Waals surface area (Å²) in [7, 11) is 0. The van der Waals surface area contributed by atoms with Gasteiger partial charge >= 0.3 is 6.03 Å². The third-order valence-corrected chi connectivity index (χ3v) is 3.98. The molecular formula is C17H17BrClN3O3. The molecule has 2 aromatic carbocycles. The number of amides is 3. The van der Waals surface area contributed by atoms with Gasteiger partial charge in [-0.3, -0.25) is 10.1 Å². The minimum atomic E-state index is -0.588. The molecule has 2 rings (SSSR count). The number of hydrogen-bond donors (Lipinski definition) is 3. The fourth-order valence-electron chi connectivity index (χ4n) is 1.97. The van der Waals surface area contributed by atoms with Crippen LogP contribution in [0.1, 0.15) is 16.8 Å². The lowest BCUT2D eigenvalue weighted by atomic mass is 10.2. The highest BCUT2D eigenvalue weighted by atomic mass is 79.9. The number of imide groups is 1. The summed E-state index contributed by atoms with van der Waals surface area (Å²) in [5.41, 5.74) is 6.26. The van der Waals surface area contributed by atoms with Gasteiger partial charge in [0.05, 0.1) is 17.2 Å². The highest BCUT2D eigenvalue weighted by Crippen LogP contribution is 2.27. The lowest BCUT2D eigenvalue weighted by Gasteiger charge is -2.10. The minimum Gasteiger partial charge on any atom is -0.492 e. The quantitative estimate of drug-likeness (QED) is 0.486. The van der Waals surface area contributed by atoms with E-state index in [1.165, 1.54) is 0 Å². The first-order chi connectivity index (χ1) is 12.0. The summed E-state index contributed by atoms with van der Waals surface area (Å²) in [4.78, 5) is 23.6. The Morgan fingerprint density at radius 3 is 2.68 bits per heavy atom. The highest BCUT2D eigenvalue weighted by molar-refractivity contribution is 9.10. The van der Waals surface area contributed by atoms with E-state index >= 15 is 0 Å². The van der Waals surface area contributed by atoms with Gasteiger partial charge in [0.1, 0.15) is 5.75 Å². The highest BCUT2D eigenvalue weighted by Gasteiger charge is 2.12. The van der Waals surface area contributed by atoms with Gasteiger partial charge in [0.25, 0.3) is 5.91 Å². The number of anilines is 1. The second-order valence-electron chi connectivity index (χ2n) is 5.07. The van der Waals surface area contributed by atoms with Gasteiger partial charge in [-0.2, -0.15) is 0 Å². The average Bonchev–Trinajstić information content (AvgIpc) is 2.56. The van der Waals surface area contributed by atoms with Crippen LogP contribution in [0.4, 0.5) is 10.5 Å². The predicted molar refractivity (Wildman–Crippen MR) is 101 cm³/mol. The predicted octanol–water partition coefficient (Wildman–Crippen LogP) is 3.59. The van der Waals surface area contributed by atoms with Crippen LogP contribution in [0.3, 0.4) is 0 Å². The van der Waals surface area contributed by atoms with E-state index in [-0.39, 0.29) is 5.56 Å². The van der Waals surface area contributed by atoms with Crippen LogP contribution in [0.2, 0.25) is 5.02 Å². The molecule has 0 radical (unpaired) electrons. The van der Waals surface area contributed by atoms with Crippen molar-refractivity contribution in [2.75, 3.05) is 18.9 Å². The van der Waals surface area contributed by atoms with Crippen LogP contribution in [0.5, 0.6) is 5.75 Å². The number of carbonyl (C=O) groups is 2. The topological polar surface area (TPSA) is 93.5 Å². The van der Waals surface area contributed by atoms with Gasteiger partial charge in [-0.05, 0) is 36.8 Å². The zero-order chi connectivity index (χ0) is 18.2. The van der Waals surface area contributed by atoms with Gasteiger partial charge in [0, 0.05) is 16.7 Å². The summed E-state index contributed by atoms with van der Waals surface area (Å²) >= 11 is 9.35. The number of carbonyl (C=O) groups excluding carboxylic acids is 2. The number of hydrogen-bond acceptors (Lipinski definition) is 4. The third kappa shape index (κ3) is 5.95. The summed E-state index contributed by atoms with van der Waals surface area (Å²) in [5.74, 6) is 0.0255. The third-order valence-electron chi connectivity index (χ3n) is 3.19. The molecule has 0 aliphatic rings. The Hall–Kier alpha value is -2.25. The van der Waals surface area contributed by atoms with Gasteiger partial charge in [0.2, 0.25) is 0 Å². The van der Waals surface area contributed by atoms with E-state index in [9.17, 15) is 9.59 Å². The van der Waals surface area contributed by atoms with E-state index < -0.39 is 11.9 Å². The molecule has 4 N–H and O–H groups in total. The van der Waals surface area contributed by atoms with Gasteiger partial charge < -0.3 is 15.8 Å². The SMILES string of the molecule is Nc1ccccc1C(=O)NC(=O)NCCCOc1ccc(Br)cc1Cl. The lowest BCUT2D eigenvalue weighted by molar-refractivity contribution is 0.0965. The maximum atomic E-state index is 11.9. The van der Waals surface area contributed by atoms with Crippen LogP contribution in [0.25, 0.3) is 0 Å². The van der Waals surface area contributed by atoms with Gasteiger partial charge in [-0.15, -0.1) is 0 Å². The minimum absolute atomic E-state index is 0.255. The van der Waals surface area contributed by atoms with Crippen molar-refractivity contribution in [2.45, 2.75) is 6.42 Å². The number of benzene rings is 2. The van der Waals surface area contributed by atoms with Crippen LogP contribution in [-0.4, -0.2) is 25.1 Å². The van der Waals surface area contributed by atoms with Crippen molar-refractivity contribution in [2.24, 2.45) is 0 Å².